The quantitative estimate of drug-likeness (QED) is 0.817. The van der Waals surface area contributed by atoms with Gasteiger partial charge in [-0.15, -0.1) is 0 Å². The lowest BCUT2D eigenvalue weighted by atomic mass is 9.90. The van der Waals surface area contributed by atoms with Crippen molar-refractivity contribution in [3.05, 3.63) is 29.3 Å². The van der Waals surface area contributed by atoms with Crippen LogP contribution in [0.3, 0.4) is 0 Å². The van der Waals surface area contributed by atoms with E-state index in [-0.39, 0.29) is 11.8 Å². The van der Waals surface area contributed by atoms with E-state index in [1.807, 2.05) is 12.1 Å². The fraction of sp³-hybridized carbons (Fsp3) is 0.467. The number of nitrogens with zero attached hydrogens (tertiary/aromatic N) is 2. The first kappa shape index (κ1) is 12.6. The summed E-state index contributed by atoms with van der Waals surface area (Å²) in [6.45, 7) is 4.14. The van der Waals surface area contributed by atoms with Crippen LogP contribution >= 0.6 is 0 Å². The highest BCUT2D eigenvalue weighted by Gasteiger charge is 2.24. The minimum Gasteiger partial charge on any atom is -0.315 e. The van der Waals surface area contributed by atoms with E-state index in [4.69, 9.17) is 5.26 Å². The molecule has 1 atom stereocenters. The van der Waals surface area contributed by atoms with Gasteiger partial charge in [-0.2, -0.15) is 5.26 Å². The minimum absolute atomic E-state index is 0.0397. The number of benzene rings is 1. The molecule has 1 aromatic carbocycles. The number of amides is 1. The third-order valence-electron chi connectivity index (χ3n) is 3.65. The zero-order chi connectivity index (χ0) is 13.3. The van der Waals surface area contributed by atoms with Crippen molar-refractivity contribution in [3.8, 4) is 6.07 Å². The first-order chi connectivity index (χ1) is 8.52. The number of fused-ring (bicyclic) bond motifs is 1. The van der Waals surface area contributed by atoms with Crippen LogP contribution in [0.15, 0.2) is 18.2 Å². The Kier molecular flexibility index (Phi) is 3.38. The smallest absolute Gasteiger partial charge is 0.231 e. The van der Waals surface area contributed by atoms with Gasteiger partial charge in [0.1, 0.15) is 0 Å². The summed E-state index contributed by atoms with van der Waals surface area (Å²) in [5.74, 6) is 0.535. The largest absolute Gasteiger partial charge is 0.315 e. The summed E-state index contributed by atoms with van der Waals surface area (Å²) >= 11 is 0. The molecule has 1 unspecified atom stereocenters. The van der Waals surface area contributed by atoms with Crippen LogP contribution in [0.1, 0.15) is 25.0 Å². The van der Waals surface area contributed by atoms with Gasteiger partial charge in [0.25, 0.3) is 0 Å². The first-order valence-electron chi connectivity index (χ1n) is 6.31. The number of hydrogen-bond donors (Lipinski definition) is 0. The number of anilines is 1. The second-order valence-electron chi connectivity index (χ2n) is 5.28. The predicted molar refractivity (Wildman–Crippen MR) is 71.2 cm³/mol. The number of hydrogen-bond acceptors (Lipinski definition) is 2. The van der Waals surface area contributed by atoms with Gasteiger partial charge in [-0.1, -0.05) is 26.0 Å². The Labute approximate surface area is 108 Å². The van der Waals surface area contributed by atoms with E-state index < -0.39 is 0 Å². The fourth-order valence-electron chi connectivity index (χ4n) is 2.33. The SMILES string of the molecule is CC(C)C(C#N)Cc1ccc2c(c1)CC(=O)N2C. The summed E-state index contributed by atoms with van der Waals surface area (Å²) in [7, 11) is 1.81. The van der Waals surface area contributed by atoms with Crippen molar-refractivity contribution in [2.75, 3.05) is 11.9 Å². The Morgan fingerprint density at radius 2 is 2.17 bits per heavy atom. The summed E-state index contributed by atoms with van der Waals surface area (Å²) in [5.41, 5.74) is 3.24. The maximum absolute atomic E-state index is 11.6. The zero-order valence-electron chi connectivity index (χ0n) is 11.1. The summed E-state index contributed by atoms with van der Waals surface area (Å²) in [6, 6.07) is 8.45. The summed E-state index contributed by atoms with van der Waals surface area (Å²) in [4.78, 5) is 13.3. The van der Waals surface area contributed by atoms with E-state index in [2.05, 4.69) is 26.0 Å². The number of rotatable bonds is 3. The van der Waals surface area contributed by atoms with Gasteiger partial charge in [0.2, 0.25) is 5.91 Å². The molecule has 0 bridgehead atoms. The summed E-state index contributed by atoms with van der Waals surface area (Å²) in [6.07, 6.45) is 1.25. The summed E-state index contributed by atoms with van der Waals surface area (Å²) in [5, 5.41) is 9.12. The van der Waals surface area contributed by atoms with Gasteiger partial charge in [-0.25, -0.2) is 0 Å². The van der Waals surface area contributed by atoms with Crippen LogP contribution in [0.2, 0.25) is 0 Å². The minimum atomic E-state index is 0.0397. The van der Waals surface area contributed by atoms with E-state index in [1.54, 1.807) is 11.9 Å². The molecule has 0 aromatic heterocycles. The maximum atomic E-state index is 11.6. The highest BCUT2D eigenvalue weighted by atomic mass is 16.2. The first-order valence-corrected chi connectivity index (χ1v) is 6.31. The molecule has 0 saturated carbocycles. The maximum Gasteiger partial charge on any atom is 0.231 e. The Morgan fingerprint density at radius 1 is 1.44 bits per heavy atom. The van der Waals surface area contributed by atoms with Crippen LogP contribution in [0.25, 0.3) is 0 Å². The van der Waals surface area contributed by atoms with E-state index in [1.165, 1.54) is 0 Å². The van der Waals surface area contributed by atoms with Gasteiger partial charge in [-0.3, -0.25) is 4.79 Å². The standard InChI is InChI=1S/C15H18N2O/c1-10(2)13(9-16)7-11-4-5-14-12(6-11)8-15(18)17(14)3/h4-6,10,13H,7-8H2,1-3H3. The topological polar surface area (TPSA) is 44.1 Å². The fourth-order valence-corrected chi connectivity index (χ4v) is 2.33. The molecule has 0 radical (unpaired) electrons. The molecule has 1 amide bonds. The molecule has 0 fully saturated rings. The van der Waals surface area contributed by atoms with E-state index in [9.17, 15) is 4.79 Å². The monoisotopic (exact) mass is 242 g/mol. The Bertz CT molecular complexity index is 514. The van der Waals surface area contributed by atoms with E-state index >= 15 is 0 Å². The molecule has 2 rings (SSSR count). The molecule has 0 spiro atoms. The lowest BCUT2D eigenvalue weighted by Gasteiger charge is -2.14. The number of carbonyl (C=O) groups excluding carboxylic acids is 1. The van der Waals surface area contributed by atoms with Gasteiger partial charge < -0.3 is 4.90 Å². The van der Waals surface area contributed by atoms with Crippen molar-refractivity contribution in [2.24, 2.45) is 11.8 Å². The number of nitriles is 1. The molecule has 1 aliphatic rings. The van der Waals surface area contributed by atoms with E-state index in [0.29, 0.717) is 12.3 Å². The van der Waals surface area contributed by atoms with Gasteiger partial charge in [-0.05, 0) is 29.5 Å². The normalized spacial score (nSPS) is 15.7. The molecule has 0 aliphatic carbocycles. The van der Waals surface area contributed by atoms with Crippen molar-refractivity contribution < 1.29 is 4.79 Å². The van der Waals surface area contributed by atoms with Crippen molar-refractivity contribution in [1.82, 2.24) is 0 Å². The molecule has 18 heavy (non-hydrogen) atoms. The predicted octanol–water partition coefficient (Wildman–Crippen LogP) is 2.54. The number of likely N-dealkylation sites (N-methyl/N-ethyl adjacent to an activating group) is 1. The van der Waals surface area contributed by atoms with Gasteiger partial charge in [0.05, 0.1) is 18.4 Å². The second kappa shape index (κ2) is 4.81. The van der Waals surface area contributed by atoms with Crippen molar-refractivity contribution in [3.63, 3.8) is 0 Å². The van der Waals surface area contributed by atoms with Crippen molar-refractivity contribution in [2.45, 2.75) is 26.7 Å². The zero-order valence-corrected chi connectivity index (χ0v) is 11.1. The van der Waals surface area contributed by atoms with Crippen LogP contribution < -0.4 is 4.90 Å². The average Bonchev–Trinajstić information content (AvgIpc) is 2.61. The molecular weight excluding hydrogens is 224 g/mol. The van der Waals surface area contributed by atoms with Gasteiger partial charge in [0, 0.05) is 12.7 Å². The number of carbonyl (C=O) groups is 1. The van der Waals surface area contributed by atoms with Crippen LogP contribution in [-0.4, -0.2) is 13.0 Å². The van der Waals surface area contributed by atoms with Crippen molar-refractivity contribution >= 4 is 11.6 Å². The Hall–Kier alpha value is -1.82. The van der Waals surface area contributed by atoms with Crippen LogP contribution in [0.5, 0.6) is 0 Å². The third-order valence-corrected chi connectivity index (χ3v) is 3.65. The molecule has 1 heterocycles. The van der Waals surface area contributed by atoms with Crippen LogP contribution in [0.4, 0.5) is 5.69 Å². The molecular formula is C15H18N2O. The Balaban J connectivity index is 2.21. The second-order valence-corrected chi connectivity index (χ2v) is 5.28. The third kappa shape index (κ3) is 2.24. The lowest BCUT2D eigenvalue weighted by Crippen LogP contribution is -2.20. The summed E-state index contributed by atoms with van der Waals surface area (Å²) < 4.78 is 0. The molecule has 3 heteroatoms. The highest BCUT2D eigenvalue weighted by molar-refractivity contribution is 6.00. The van der Waals surface area contributed by atoms with Crippen LogP contribution in [-0.2, 0) is 17.6 Å². The molecule has 0 saturated heterocycles. The molecule has 0 N–H and O–H groups in total. The molecule has 1 aliphatic heterocycles. The van der Waals surface area contributed by atoms with E-state index in [0.717, 1.165) is 23.2 Å². The average molecular weight is 242 g/mol. The highest BCUT2D eigenvalue weighted by Crippen LogP contribution is 2.29. The van der Waals surface area contributed by atoms with Crippen LogP contribution in [0, 0.1) is 23.2 Å². The van der Waals surface area contributed by atoms with Gasteiger partial charge >= 0.3 is 0 Å². The lowest BCUT2D eigenvalue weighted by molar-refractivity contribution is -0.117. The Morgan fingerprint density at radius 3 is 2.78 bits per heavy atom. The molecule has 94 valence electrons. The van der Waals surface area contributed by atoms with Crippen molar-refractivity contribution in [1.29, 1.82) is 5.26 Å². The van der Waals surface area contributed by atoms with Gasteiger partial charge in [0.15, 0.2) is 0 Å². The molecule has 1 aromatic rings. The molecule has 3 nitrogen and oxygen atoms in total.